The molecule has 1 saturated carbocycles. The molecule has 8 nitrogen and oxygen atoms in total. The number of ether oxygens (including phenoxy) is 1. The van der Waals surface area contributed by atoms with Gasteiger partial charge < -0.3 is 10.1 Å². The number of esters is 1. The van der Waals surface area contributed by atoms with Gasteiger partial charge >= 0.3 is 5.97 Å². The largest absolute Gasteiger partial charge is 0.456 e. The highest BCUT2D eigenvalue weighted by Gasteiger charge is 2.28. The lowest BCUT2D eigenvalue weighted by Gasteiger charge is -2.11. The van der Waals surface area contributed by atoms with Crippen molar-refractivity contribution in [3.05, 3.63) is 92.6 Å². The molecule has 33 heavy (non-hydrogen) atoms. The number of benzene rings is 2. The van der Waals surface area contributed by atoms with Crippen molar-refractivity contribution in [2.75, 3.05) is 5.32 Å². The molecule has 5 rings (SSSR count). The first-order valence-electron chi connectivity index (χ1n) is 10.2. The van der Waals surface area contributed by atoms with Crippen LogP contribution in [0.25, 0.3) is 4.96 Å². The molecule has 0 aliphatic heterocycles. The van der Waals surface area contributed by atoms with Crippen LogP contribution in [0.1, 0.15) is 50.2 Å². The summed E-state index contributed by atoms with van der Waals surface area (Å²) in [4.78, 5) is 42.4. The SMILES string of the molecule is O=C(Nc1ccccc1C(=O)OCc1cc(=O)n2nc(C3CC3)sc2n1)c1cccc(F)c1. The van der Waals surface area contributed by atoms with E-state index in [9.17, 15) is 18.8 Å². The number of hydrogen-bond donors (Lipinski definition) is 1. The highest BCUT2D eigenvalue weighted by Crippen LogP contribution is 2.41. The van der Waals surface area contributed by atoms with Gasteiger partial charge in [0, 0.05) is 17.5 Å². The zero-order chi connectivity index (χ0) is 22.9. The first-order chi connectivity index (χ1) is 16.0. The summed E-state index contributed by atoms with van der Waals surface area (Å²) in [5, 5.41) is 7.81. The van der Waals surface area contributed by atoms with Gasteiger partial charge in [-0.25, -0.2) is 14.2 Å². The minimum Gasteiger partial charge on any atom is -0.456 e. The Labute approximate surface area is 190 Å². The number of nitrogens with zero attached hydrogens (tertiary/aromatic N) is 3. The number of aromatic nitrogens is 3. The first-order valence-corrected chi connectivity index (χ1v) is 11.0. The first kappa shape index (κ1) is 21.0. The third-order valence-electron chi connectivity index (χ3n) is 5.07. The number of carbonyl (C=O) groups is 2. The Bertz CT molecular complexity index is 1440. The van der Waals surface area contributed by atoms with Crippen molar-refractivity contribution in [1.82, 2.24) is 14.6 Å². The molecule has 0 radical (unpaired) electrons. The number of rotatable bonds is 6. The van der Waals surface area contributed by atoms with Crippen molar-refractivity contribution in [3.8, 4) is 0 Å². The van der Waals surface area contributed by atoms with Gasteiger partial charge in [0.2, 0.25) is 4.96 Å². The molecule has 1 N–H and O–H groups in total. The number of carbonyl (C=O) groups excluding carboxylic acids is 2. The molecule has 0 unspecified atom stereocenters. The van der Waals surface area contributed by atoms with Crippen LogP contribution >= 0.6 is 11.3 Å². The maximum atomic E-state index is 13.4. The van der Waals surface area contributed by atoms with Crippen LogP contribution in [0.3, 0.4) is 0 Å². The summed E-state index contributed by atoms with van der Waals surface area (Å²) in [7, 11) is 0. The molecule has 0 saturated heterocycles. The van der Waals surface area contributed by atoms with E-state index in [0.29, 0.717) is 16.6 Å². The normalized spacial score (nSPS) is 13.1. The van der Waals surface area contributed by atoms with E-state index in [1.54, 1.807) is 18.2 Å². The van der Waals surface area contributed by atoms with Crippen LogP contribution in [0.5, 0.6) is 0 Å². The predicted octanol–water partition coefficient (Wildman–Crippen LogP) is 3.78. The van der Waals surface area contributed by atoms with E-state index in [2.05, 4.69) is 15.4 Å². The van der Waals surface area contributed by atoms with Crippen LogP contribution in [0.4, 0.5) is 10.1 Å². The van der Waals surface area contributed by atoms with E-state index in [1.807, 2.05) is 0 Å². The maximum Gasteiger partial charge on any atom is 0.340 e. The number of halogens is 1. The van der Waals surface area contributed by atoms with Crippen molar-refractivity contribution < 1.29 is 18.7 Å². The lowest BCUT2D eigenvalue weighted by molar-refractivity contribution is 0.0469. The van der Waals surface area contributed by atoms with Crippen LogP contribution in [0, 0.1) is 5.82 Å². The molecule has 10 heteroatoms. The number of anilines is 1. The van der Waals surface area contributed by atoms with Gasteiger partial charge in [-0.3, -0.25) is 9.59 Å². The summed E-state index contributed by atoms with van der Waals surface area (Å²) >= 11 is 1.36. The molecule has 0 atom stereocenters. The van der Waals surface area contributed by atoms with E-state index < -0.39 is 17.7 Å². The molecule has 1 amide bonds. The highest BCUT2D eigenvalue weighted by molar-refractivity contribution is 7.16. The van der Waals surface area contributed by atoms with Crippen LogP contribution in [0.2, 0.25) is 0 Å². The molecule has 1 aliphatic carbocycles. The Morgan fingerprint density at radius 1 is 1.15 bits per heavy atom. The van der Waals surface area contributed by atoms with Gasteiger partial charge in [0.1, 0.15) is 17.4 Å². The van der Waals surface area contributed by atoms with Crippen molar-refractivity contribution in [2.45, 2.75) is 25.4 Å². The van der Waals surface area contributed by atoms with Crippen molar-refractivity contribution in [2.24, 2.45) is 0 Å². The molecule has 0 bridgehead atoms. The summed E-state index contributed by atoms with van der Waals surface area (Å²) < 4.78 is 20.0. The van der Waals surface area contributed by atoms with Crippen LogP contribution in [-0.4, -0.2) is 26.5 Å². The zero-order valence-corrected chi connectivity index (χ0v) is 18.0. The Morgan fingerprint density at radius 2 is 1.97 bits per heavy atom. The van der Waals surface area contributed by atoms with Crippen molar-refractivity contribution in [3.63, 3.8) is 0 Å². The fraction of sp³-hybridized carbons (Fsp3) is 0.174. The van der Waals surface area contributed by atoms with E-state index in [1.165, 1.54) is 46.2 Å². The summed E-state index contributed by atoms with van der Waals surface area (Å²) in [5.41, 5.74) is 0.425. The molecular formula is C23H17FN4O4S. The highest BCUT2D eigenvalue weighted by atomic mass is 32.1. The van der Waals surface area contributed by atoms with Crippen LogP contribution in [-0.2, 0) is 11.3 Å². The average Bonchev–Trinajstić information content (AvgIpc) is 3.57. The quantitative estimate of drug-likeness (QED) is 0.436. The third-order valence-corrected chi connectivity index (χ3v) is 6.14. The van der Waals surface area contributed by atoms with Gasteiger partial charge in [0.05, 0.1) is 16.9 Å². The molecule has 1 aliphatic rings. The Balaban J connectivity index is 1.31. The standard InChI is InChI=1S/C23H17FN4O4S/c24-15-5-3-4-14(10-15)20(30)26-18-7-2-1-6-17(18)22(31)32-12-16-11-19(29)28-23(25-16)33-21(27-28)13-8-9-13/h1-7,10-11,13H,8-9,12H2,(H,26,30). The van der Waals surface area contributed by atoms with Crippen LogP contribution < -0.4 is 10.9 Å². The monoisotopic (exact) mass is 464 g/mol. The molecule has 4 aromatic rings. The lowest BCUT2D eigenvalue weighted by atomic mass is 10.1. The van der Waals surface area contributed by atoms with Gasteiger partial charge in [-0.15, -0.1) is 0 Å². The number of fused-ring (bicyclic) bond motifs is 1. The Morgan fingerprint density at radius 3 is 2.76 bits per heavy atom. The minimum absolute atomic E-state index is 0.117. The van der Waals surface area contributed by atoms with Gasteiger partial charge in [0.15, 0.2) is 0 Å². The van der Waals surface area contributed by atoms with E-state index in [4.69, 9.17) is 4.74 Å². The fourth-order valence-electron chi connectivity index (χ4n) is 3.25. The second-order valence-electron chi connectivity index (χ2n) is 7.58. The molecule has 0 spiro atoms. The number of amides is 1. The fourth-order valence-corrected chi connectivity index (χ4v) is 4.34. The number of para-hydroxylation sites is 1. The summed E-state index contributed by atoms with van der Waals surface area (Å²) in [6.45, 7) is -0.215. The topological polar surface area (TPSA) is 103 Å². The average molecular weight is 464 g/mol. The number of hydrogen-bond acceptors (Lipinski definition) is 7. The zero-order valence-electron chi connectivity index (χ0n) is 17.2. The maximum absolute atomic E-state index is 13.4. The van der Waals surface area contributed by atoms with E-state index in [-0.39, 0.29) is 29.0 Å². The number of nitrogens with one attached hydrogen (secondary N) is 1. The Kier molecular flexibility index (Phi) is 5.43. The van der Waals surface area contributed by atoms with E-state index >= 15 is 0 Å². The van der Waals surface area contributed by atoms with Gasteiger partial charge in [-0.2, -0.15) is 9.61 Å². The van der Waals surface area contributed by atoms with Crippen molar-refractivity contribution >= 4 is 33.9 Å². The van der Waals surface area contributed by atoms with Gasteiger partial charge in [-0.1, -0.05) is 29.5 Å². The van der Waals surface area contributed by atoms with Gasteiger partial charge in [-0.05, 0) is 43.2 Å². The van der Waals surface area contributed by atoms with Crippen molar-refractivity contribution in [1.29, 1.82) is 0 Å². The molecule has 2 heterocycles. The molecule has 2 aromatic heterocycles. The smallest absolute Gasteiger partial charge is 0.340 e. The minimum atomic E-state index is -0.699. The van der Waals surface area contributed by atoms with Crippen LogP contribution in [0.15, 0.2) is 59.4 Å². The second kappa shape index (κ2) is 8.55. The summed E-state index contributed by atoms with van der Waals surface area (Å²) in [6, 6.07) is 12.8. The summed E-state index contributed by atoms with van der Waals surface area (Å²) in [6.07, 6.45) is 2.13. The predicted molar refractivity (Wildman–Crippen MR) is 119 cm³/mol. The van der Waals surface area contributed by atoms with E-state index in [0.717, 1.165) is 23.9 Å². The third kappa shape index (κ3) is 4.51. The molecule has 2 aromatic carbocycles. The molecule has 166 valence electrons. The van der Waals surface area contributed by atoms with Gasteiger partial charge in [0.25, 0.3) is 11.5 Å². The molecule has 1 fully saturated rings. The molecular weight excluding hydrogens is 447 g/mol. The Hall–Kier alpha value is -3.92. The second-order valence-corrected chi connectivity index (χ2v) is 8.57. The summed E-state index contributed by atoms with van der Waals surface area (Å²) in [5.74, 6) is -1.40. The lowest BCUT2D eigenvalue weighted by Crippen LogP contribution is -2.18.